The SMILES string of the molecule is CCc1ncc(S(=O)(=O)N2CCCC(C)C2N=C=O)[nH]1. The molecule has 0 amide bonds. The van der Waals surface area contributed by atoms with Crippen LogP contribution >= 0.6 is 0 Å². The summed E-state index contributed by atoms with van der Waals surface area (Å²) >= 11 is 0. The van der Waals surface area contributed by atoms with Crippen LogP contribution in [-0.4, -0.2) is 41.5 Å². The van der Waals surface area contributed by atoms with Gasteiger partial charge in [-0.2, -0.15) is 9.30 Å². The molecule has 2 heterocycles. The van der Waals surface area contributed by atoms with E-state index in [0.717, 1.165) is 12.8 Å². The molecule has 2 atom stereocenters. The van der Waals surface area contributed by atoms with Crippen LogP contribution in [0.25, 0.3) is 0 Å². The topological polar surface area (TPSA) is 95.5 Å². The number of rotatable bonds is 4. The number of piperidine rings is 1. The first-order chi connectivity index (χ1) is 9.50. The van der Waals surface area contributed by atoms with Gasteiger partial charge >= 0.3 is 0 Å². The molecular weight excluding hydrogens is 280 g/mol. The Morgan fingerprint density at radius 3 is 2.95 bits per heavy atom. The zero-order chi connectivity index (χ0) is 14.8. The minimum absolute atomic E-state index is 0.00598. The van der Waals surface area contributed by atoms with E-state index in [1.807, 2.05) is 13.8 Å². The molecule has 0 aliphatic carbocycles. The van der Waals surface area contributed by atoms with E-state index < -0.39 is 16.2 Å². The summed E-state index contributed by atoms with van der Waals surface area (Å²) in [6.45, 7) is 4.12. The molecule has 2 unspecified atom stereocenters. The standard InChI is InChI=1S/C12H18N4O3S/c1-3-10-13-7-11(15-10)20(18,19)16-6-4-5-9(2)12(16)14-8-17/h7,9,12H,3-6H2,1-2H3,(H,13,15). The first-order valence-corrected chi connectivity index (χ1v) is 8.07. The molecule has 0 spiro atoms. The lowest BCUT2D eigenvalue weighted by Gasteiger charge is -2.34. The number of aromatic amines is 1. The monoisotopic (exact) mass is 298 g/mol. The summed E-state index contributed by atoms with van der Waals surface area (Å²) in [6, 6.07) is 0. The fourth-order valence-electron chi connectivity index (χ4n) is 2.42. The third-order valence-corrected chi connectivity index (χ3v) is 5.33. The number of hydrogen-bond donors (Lipinski definition) is 1. The van der Waals surface area contributed by atoms with Gasteiger partial charge in [-0.3, -0.25) is 0 Å². The predicted molar refractivity (Wildman–Crippen MR) is 72.2 cm³/mol. The minimum atomic E-state index is -3.71. The average molecular weight is 298 g/mol. The minimum Gasteiger partial charge on any atom is -0.332 e. The highest BCUT2D eigenvalue weighted by Gasteiger charge is 2.38. The van der Waals surface area contributed by atoms with Crippen LogP contribution in [-0.2, 0) is 21.2 Å². The third kappa shape index (κ3) is 2.67. The molecule has 8 heteroatoms. The average Bonchev–Trinajstić information content (AvgIpc) is 2.90. The fraction of sp³-hybridized carbons (Fsp3) is 0.667. The van der Waals surface area contributed by atoms with E-state index in [0.29, 0.717) is 18.8 Å². The second-order valence-corrected chi connectivity index (χ2v) is 6.78. The molecule has 1 aliphatic rings. The molecule has 20 heavy (non-hydrogen) atoms. The van der Waals surface area contributed by atoms with Crippen LogP contribution in [0.5, 0.6) is 0 Å². The highest BCUT2D eigenvalue weighted by atomic mass is 32.2. The van der Waals surface area contributed by atoms with Gasteiger partial charge in [0.05, 0.1) is 6.20 Å². The molecule has 0 bridgehead atoms. The van der Waals surface area contributed by atoms with E-state index >= 15 is 0 Å². The van der Waals surface area contributed by atoms with Crippen LogP contribution in [0.1, 0.15) is 32.5 Å². The quantitative estimate of drug-likeness (QED) is 0.664. The van der Waals surface area contributed by atoms with Crippen molar-refractivity contribution in [1.82, 2.24) is 14.3 Å². The highest BCUT2D eigenvalue weighted by molar-refractivity contribution is 7.89. The molecular formula is C12H18N4O3S. The van der Waals surface area contributed by atoms with Crippen LogP contribution in [0.2, 0.25) is 0 Å². The van der Waals surface area contributed by atoms with E-state index in [-0.39, 0.29) is 10.9 Å². The van der Waals surface area contributed by atoms with Crippen molar-refractivity contribution in [2.75, 3.05) is 6.54 Å². The number of carbonyl (C=O) groups excluding carboxylic acids is 1. The van der Waals surface area contributed by atoms with Gasteiger partial charge in [-0.05, 0) is 18.8 Å². The van der Waals surface area contributed by atoms with E-state index in [9.17, 15) is 13.2 Å². The maximum atomic E-state index is 12.6. The van der Waals surface area contributed by atoms with Crippen LogP contribution in [0.15, 0.2) is 16.2 Å². The third-order valence-electron chi connectivity index (χ3n) is 3.55. The summed E-state index contributed by atoms with van der Waals surface area (Å²) in [7, 11) is -3.71. The predicted octanol–water partition coefficient (Wildman–Crippen LogP) is 1.05. The number of sulfonamides is 1. The Hall–Kier alpha value is -1.50. The number of nitrogens with one attached hydrogen (secondary N) is 1. The fourth-order valence-corrected chi connectivity index (χ4v) is 4.02. The number of aryl methyl sites for hydroxylation is 1. The smallest absolute Gasteiger partial charge is 0.261 e. The molecule has 1 N–H and O–H groups in total. The van der Waals surface area contributed by atoms with Crippen molar-refractivity contribution >= 4 is 16.1 Å². The van der Waals surface area contributed by atoms with Crippen LogP contribution < -0.4 is 0 Å². The van der Waals surface area contributed by atoms with E-state index in [1.54, 1.807) is 0 Å². The molecule has 1 aromatic rings. The van der Waals surface area contributed by atoms with Gasteiger partial charge in [-0.1, -0.05) is 13.8 Å². The summed E-state index contributed by atoms with van der Waals surface area (Å²) in [5, 5.41) is 0.0505. The molecule has 0 saturated carbocycles. The van der Waals surface area contributed by atoms with E-state index in [4.69, 9.17) is 0 Å². The van der Waals surface area contributed by atoms with Crippen LogP contribution in [0.3, 0.4) is 0 Å². The summed E-state index contributed by atoms with van der Waals surface area (Å²) in [5.74, 6) is 0.609. The lowest BCUT2D eigenvalue weighted by molar-refractivity contribution is 0.193. The zero-order valence-corrected chi connectivity index (χ0v) is 12.4. The largest absolute Gasteiger partial charge is 0.332 e. The Labute approximate surface area is 118 Å². The zero-order valence-electron chi connectivity index (χ0n) is 11.5. The molecule has 2 rings (SSSR count). The number of aliphatic imine (C=N–C) groups is 1. The number of hydrogen-bond acceptors (Lipinski definition) is 5. The van der Waals surface area contributed by atoms with Gasteiger partial charge in [-0.25, -0.2) is 18.2 Å². The summed E-state index contributed by atoms with van der Waals surface area (Å²) in [6.07, 6.45) is 4.33. The molecule has 0 radical (unpaired) electrons. The molecule has 0 aromatic carbocycles. The number of nitrogens with zero attached hydrogens (tertiary/aromatic N) is 3. The molecule has 1 saturated heterocycles. The molecule has 1 aliphatic heterocycles. The number of aromatic nitrogens is 2. The van der Waals surface area contributed by atoms with Crippen molar-refractivity contribution < 1.29 is 13.2 Å². The van der Waals surface area contributed by atoms with Gasteiger partial charge in [0.2, 0.25) is 6.08 Å². The van der Waals surface area contributed by atoms with Crippen LogP contribution in [0.4, 0.5) is 0 Å². The van der Waals surface area contributed by atoms with E-state index in [1.165, 1.54) is 16.6 Å². The molecule has 1 fully saturated rings. The van der Waals surface area contributed by atoms with Crippen LogP contribution in [0, 0.1) is 5.92 Å². The highest BCUT2D eigenvalue weighted by Crippen LogP contribution is 2.29. The van der Waals surface area contributed by atoms with Gasteiger partial charge in [-0.15, -0.1) is 0 Å². The number of isocyanates is 1. The normalized spacial score (nSPS) is 24.3. The Balaban J connectivity index is 2.37. The van der Waals surface area contributed by atoms with Crippen molar-refractivity contribution in [1.29, 1.82) is 0 Å². The van der Waals surface area contributed by atoms with Gasteiger partial charge in [0, 0.05) is 13.0 Å². The van der Waals surface area contributed by atoms with Crippen molar-refractivity contribution in [2.24, 2.45) is 10.9 Å². The Morgan fingerprint density at radius 2 is 2.35 bits per heavy atom. The van der Waals surface area contributed by atoms with Crippen molar-refractivity contribution in [3.63, 3.8) is 0 Å². The Morgan fingerprint density at radius 1 is 1.60 bits per heavy atom. The lowest BCUT2D eigenvalue weighted by atomic mass is 9.98. The molecule has 1 aromatic heterocycles. The Bertz CT molecular complexity index is 618. The van der Waals surface area contributed by atoms with E-state index in [2.05, 4.69) is 15.0 Å². The Kier molecular flexibility index (Phi) is 4.37. The van der Waals surface area contributed by atoms with Gasteiger partial charge in [0.1, 0.15) is 12.0 Å². The van der Waals surface area contributed by atoms with Gasteiger partial charge in [0.15, 0.2) is 5.03 Å². The van der Waals surface area contributed by atoms with Gasteiger partial charge < -0.3 is 4.98 Å². The summed E-state index contributed by atoms with van der Waals surface area (Å²) in [4.78, 5) is 21.0. The van der Waals surface area contributed by atoms with Gasteiger partial charge in [0.25, 0.3) is 10.0 Å². The maximum absolute atomic E-state index is 12.6. The second kappa shape index (κ2) is 5.87. The van der Waals surface area contributed by atoms with Crippen molar-refractivity contribution in [3.05, 3.63) is 12.0 Å². The molecule has 7 nitrogen and oxygen atoms in total. The first kappa shape index (κ1) is 14.9. The number of H-pyrrole nitrogens is 1. The molecule has 110 valence electrons. The van der Waals surface area contributed by atoms with Crippen molar-refractivity contribution in [3.8, 4) is 0 Å². The second-order valence-electron chi connectivity index (χ2n) is 4.92. The lowest BCUT2D eigenvalue weighted by Crippen LogP contribution is -2.46. The first-order valence-electron chi connectivity index (χ1n) is 6.63. The summed E-state index contributed by atoms with van der Waals surface area (Å²) < 4.78 is 26.5. The summed E-state index contributed by atoms with van der Waals surface area (Å²) in [5.41, 5.74) is 0. The maximum Gasteiger partial charge on any atom is 0.261 e. The van der Waals surface area contributed by atoms with Crippen molar-refractivity contribution in [2.45, 2.75) is 44.3 Å². The number of imidazole rings is 1.